The van der Waals surface area contributed by atoms with Crippen molar-refractivity contribution in [3.63, 3.8) is 0 Å². The maximum absolute atomic E-state index is 10.3. The number of thioether (sulfide) groups is 1. The van der Waals surface area contributed by atoms with Crippen LogP contribution in [0.15, 0.2) is 0 Å². The summed E-state index contributed by atoms with van der Waals surface area (Å²) in [6.45, 7) is 0. The maximum Gasteiger partial charge on any atom is 0.287 e. The van der Waals surface area contributed by atoms with Gasteiger partial charge in [0.2, 0.25) is 0 Å². The van der Waals surface area contributed by atoms with Crippen molar-refractivity contribution in [3.05, 3.63) is 0 Å². The number of halogens is 1. The van der Waals surface area contributed by atoms with Crippen molar-refractivity contribution >= 4 is 34.5 Å². The highest BCUT2D eigenvalue weighted by Gasteiger charge is 2.28. The van der Waals surface area contributed by atoms with Crippen LogP contribution in [0.3, 0.4) is 0 Å². The first-order valence-electron chi connectivity index (χ1n) is 1.85. The van der Waals surface area contributed by atoms with E-state index in [0.717, 1.165) is 11.8 Å². The number of amides is 2. The molecule has 0 aliphatic carbocycles. The molecule has 0 saturated carbocycles. The molecule has 8 heavy (non-hydrogen) atoms. The average Bonchev–Trinajstić information content (AvgIpc) is 1.85. The first-order valence-corrected chi connectivity index (χ1v) is 3.17. The van der Waals surface area contributed by atoms with Crippen LogP contribution in [0.4, 0.5) is 4.79 Å². The fraction of sp³-hybridized carbons (Fsp3) is 0.333. The summed E-state index contributed by atoms with van der Waals surface area (Å²) in [5, 5.41) is 1.65. The van der Waals surface area contributed by atoms with Crippen molar-refractivity contribution in [2.75, 3.05) is 0 Å². The fourth-order valence-electron chi connectivity index (χ4n) is 0.334. The number of rotatable bonds is 0. The van der Waals surface area contributed by atoms with E-state index in [2.05, 4.69) is 0 Å². The van der Waals surface area contributed by atoms with Gasteiger partial charge in [-0.3, -0.25) is 14.9 Å². The first-order chi connectivity index (χ1) is 3.70. The van der Waals surface area contributed by atoms with Crippen molar-refractivity contribution < 1.29 is 9.59 Å². The minimum absolute atomic E-state index is 0.366. The summed E-state index contributed by atoms with van der Waals surface area (Å²) >= 11 is 6.08. The van der Waals surface area contributed by atoms with Crippen molar-refractivity contribution in [1.29, 1.82) is 0 Å². The van der Waals surface area contributed by atoms with Gasteiger partial charge in [0, 0.05) is 0 Å². The smallest absolute Gasteiger partial charge is 0.285 e. The molecule has 0 spiro atoms. The molecule has 1 saturated heterocycles. The van der Waals surface area contributed by atoms with Gasteiger partial charge in [0.25, 0.3) is 11.1 Å². The molecule has 1 heterocycles. The molecule has 1 N–H and O–H groups in total. The van der Waals surface area contributed by atoms with E-state index in [9.17, 15) is 9.59 Å². The predicted octanol–water partition coefficient (Wildman–Crippen LogP) is 0.534. The molecule has 1 unspecified atom stereocenters. The van der Waals surface area contributed by atoms with Gasteiger partial charge in [-0.2, -0.15) is 0 Å². The molecule has 1 fully saturated rings. The summed E-state index contributed by atoms with van der Waals surface area (Å²) in [4.78, 5) is 20.5. The second kappa shape index (κ2) is 1.95. The highest BCUT2D eigenvalue weighted by Crippen LogP contribution is 2.21. The van der Waals surface area contributed by atoms with E-state index in [0.29, 0.717) is 0 Å². The molecule has 0 radical (unpaired) electrons. The van der Waals surface area contributed by atoms with E-state index in [4.69, 9.17) is 11.6 Å². The molecule has 0 aromatic rings. The molecular formula is C3H2ClNO2S. The second-order valence-corrected chi connectivity index (χ2v) is 2.98. The lowest BCUT2D eigenvalue weighted by Crippen LogP contribution is -2.21. The third-order valence-electron chi connectivity index (χ3n) is 0.642. The molecule has 44 valence electrons. The van der Waals surface area contributed by atoms with Gasteiger partial charge in [-0.05, 0) is 11.8 Å². The summed E-state index contributed by atoms with van der Waals surface area (Å²) in [7, 11) is 0. The van der Waals surface area contributed by atoms with Gasteiger partial charge in [0.15, 0.2) is 4.71 Å². The summed E-state index contributed by atoms with van der Waals surface area (Å²) in [6.07, 6.45) is 0. The summed E-state index contributed by atoms with van der Waals surface area (Å²) in [5.74, 6) is -0.415. The van der Waals surface area contributed by atoms with Crippen LogP contribution in [0.2, 0.25) is 0 Å². The van der Waals surface area contributed by atoms with E-state index < -0.39 is 10.6 Å². The van der Waals surface area contributed by atoms with Crippen LogP contribution in [-0.4, -0.2) is 15.9 Å². The largest absolute Gasteiger partial charge is 0.287 e. The van der Waals surface area contributed by atoms with E-state index in [1.807, 2.05) is 5.32 Å². The van der Waals surface area contributed by atoms with Crippen LogP contribution >= 0.6 is 23.4 Å². The zero-order valence-electron chi connectivity index (χ0n) is 3.68. The Balaban J connectivity index is 2.64. The van der Waals surface area contributed by atoms with Crippen LogP contribution in [0.1, 0.15) is 0 Å². The van der Waals surface area contributed by atoms with E-state index in [1.165, 1.54) is 0 Å². The monoisotopic (exact) mass is 151 g/mol. The molecule has 0 aromatic heterocycles. The number of hydrogen-bond acceptors (Lipinski definition) is 3. The SMILES string of the molecule is O=C1NC(=O)C(Cl)S1. The van der Waals surface area contributed by atoms with Gasteiger partial charge in [0.05, 0.1) is 0 Å². The minimum Gasteiger partial charge on any atom is -0.285 e. The molecular weight excluding hydrogens is 150 g/mol. The predicted molar refractivity (Wildman–Crippen MR) is 30.8 cm³/mol. The van der Waals surface area contributed by atoms with Crippen molar-refractivity contribution in [1.82, 2.24) is 5.32 Å². The Morgan fingerprint density at radius 3 is 2.38 bits per heavy atom. The minimum atomic E-state index is -0.720. The number of hydrogen-bond donors (Lipinski definition) is 1. The van der Waals surface area contributed by atoms with Crippen LogP contribution in [0.25, 0.3) is 0 Å². The van der Waals surface area contributed by atoms with Gasteiger partial charge >= 0.3 is 0 Å². The third kappa shape index (κ3) is 0.952. The van der Waals surface area contributed by atoms with Gasteiger partial charge in [-0.15, -0.1) is 0 Å². The Morgan fingerprint density at radius 2 is 2.25 bits per heavy atom. The van der Waals surface area contributed by atoms with Crippen LogP contribution in [-0.2, 0) is 4.79 Å². The molecule has 0 aromatic carbocycles. The van der Waals surface area contributed by atoms with Gasteiger partial charge < -0.3 is 0 Å². The number of nitrogens with one attached hydrogen (secondary N) is 1. The molecule has 3 nitrogen and oxygen atoms in total. The van der Waals surface area contributed by atoms with E-state index in [-0.39, 0.29) is 5.24 Å². The third-order valence-corrected chi connectivity index (χ3v) is 1.84. The van der Waals surface area contributed by atoms with E-state index >= 15 is 0 Å². The molecule has 1 aliphatic heterocycles. The number of alkyl halides is 1. The van der Waals surface area contributed by atoms with Gasteiger partial charge in [-0.1, -0.05) is 11.6 Å². The first kappa shape index (κ1) is 5.91. The summed E-state index contributed by atoms with van der Waals surface area (Å²) < 4.78 is -0.720. The molecule has 1 aliphatic rings. The Morgan fingerprint density at radius 1 is 1.62 bits per heavy atom. The number of carbonyl (C=O) groups is 2. The molecule has 5 heteroatoms. The van der Waals surface area contributed by atoms with Gasteiger partial charge in [-0.25, -0.2) is 0 Å². The summed E-state index contributed by atoms with van der Waals surface area (Å²) in [6, 6.07) is 0. The summed E-state index contributed by atoms with van der Waals surface area (Å²) in [5.41, 5.74) is 0. The zero-order chi connectivity index (χ0) is 6.15. The Labute approximate surface area is 54.8 Å². The van der Waals surface area contributed by atoms with Crippen molar-refractivity contribution in [2.45, 2.75) is 4.71 Å². The molecule has 2 amide bonds. The standard InChI is InChI=1S/C3H2ClNO2S/c4-1-2(6)5-3(7)8-1/h1H,(H,5,6,7). The van der Waals surface area contributed by atoms with Crippen LogP contribution < -0.4 is 5.32 Å². The molecule has 1 atom stereocenters. The lowest BCUT2D eigenvalue weighted by molar-refractivity contribution is -0.117. The zero-order valence-corrected chi connectivity index (χ0v) is 5.25. The molecule has 1 rings (SSSR count). The van der Waals surface area contributed by atoms with Gasteiger partial charge in [0.1, 0.15) is 0 Å². The Bertz CT molecular complexity index is 148. The Kier molecular flexibility index (Phi) is 1.44. The quantitative estimate of drug-likeness (QED) is 0.514. The van der Waals surface area contributed by atoms with Crippen LogP contribution in [0.5, 0.6) is 0 Å². The maximum atomic E-state index is 10.3. The fourth-order valence-corrected chi connectivity index (χ4v) is 1.15. The Hall–Kier alpha value is -0.220. The lowest BCUT2D eigenvalue weighted by atomic mass is 10.7. The number of imide groups is 1. The normalized spacial score (nSPS) is 28.4. The van der Waals surface area contributed by atoms with Crippen molar-refractivity contribution in [2.24, 2.45) is 0 Å². The van der Waals surface area contributed by atoms with Crippen LogP contribution in [0, 0.1) is 0 Å². The number of carbonyl (C=O) groups excluding carboxylic acids is 2. The lowest BCUT2D eigenvalue weighted by Gasteiger charge is -1.84. The highest BCUT2D eigenvalue weighted by molar-refractivity contribution is 8.16. The highest BCUT2D eigenvalue weighted by atomic mass is 35.5. The van der Waals surface area contributed by atoms with Crippen molar-refractivity contribution in [3.8, 4) is 0 Å². The molecule has 0 bridgehead atoms. The second-order valence-electron chi connectivity index (χ2n) is 1.21. The topological polar surface area (TPSA) is 46.2 Å². The van der Waals surface area contributed by atoms with E-state index in [1.54, 1.807) is 0 Å². The average molecular weight is 152 g/mol.